The lowest BCUT2D eigenvalue weighted by atomic mass is 10.0. The Morgan fingerprint density at radius 3 is 2.86 bits per heavy atom. The summed E-state index contributed by atoms with van der Waals surface area (Å²) in [4.78, 5) is 0. The predicted octanol–water partition coefficient (Wildman–Crippen LogP) is 3.29. The van der Waals surface area contributed by atoms with Crippen molar-refractivity contribution in [3.63, 3.8) is 0 Å². The molecule has 0 saturated carbocycles. The molecule has 0 saturated heterocycles. The molecule has 2 heteroatoms. The minimum absolute atomic E-state index is 0.850. The van der Waals surface area contributed by atoms with Gasteiger partial charge in [-0.15, -0.1) is 0 Å². The van der Waals surface area contributed by atoms with Crippen LogP contribution in [-0.4, -0.2) is 5.16 Å². The van der Waals surface area contributed by atoms with Crippen LogP contribution in [0.2, 0.25) is 0 Å². The van der Waals surface area contributed by atoms with Crippen LogP contribution in [0.5, 0.6) is 0 Å². The Kier molecular flexibility index (Phi) is 1.39. The van der Waals surface area contributed by atoms with Gasteiger partial charge in [0.1, 0.15) is 0 Å². The van der Waals surface area contributed by atoms with Crippen LogP contribution in [0, 0.1) is 6.92 Å². The molecule has 0 spiro atoms. The fourth-order valence-corrected chi connectivity index (χ4v) is 1.79. The van der Waals surface area contributed by atoms with E-state index in [2.05, 4.69) is 36.3 Å². The van der Waals surface area contributed by atoms with Gasteiger partial charge in [-0.1, -0.05) is 35.0 Å². The highest BCUT2D eigenvalue weighted by atomic mass is 16.5. The molecule has 2 aromatic carbocycles. The van der Waals surface area contributed by atoms with Gasteiger partial charge in [0.05, 0.1) is 6.20 Å². The normalized spacial score (nSPS) is 11.2. The Bertz CT molecular complexity index is 610. The van der Waals surface area contributed by atoms with Crippen molar-refractivity contribution < 1.29 is 4.52 Å². The number of fused-ring (bicyclic) bond motifs is 3. The molecule has 0 unspecified atom stereocenters. The second-order valence-corrected chi connectivity index (χ2v) is 3.53. The van der Waals surface area contributed by atoms with Crippen molar-refractivity contribution in [1.82, 2.24) is 5.16 Å². The number of nitrogens with zero attached hydrogens (tertiary/aromatic N) is 1. The molecule has 0 aliphatic heterocycles. The molecule has 68 valence electrons. The molecule has 3 aromatic rings. The van der Waals surface area contributed by atoms with Crippen LogP contribution in [0.1, 0.15) is 5.56 Å². The minimum Gasteiger partial charge on any atom is -0.356 e. The maximum Gasteiger partial charge on any atom is 0.167 e. The van der Waals surface area contributed by atoms with Crippen molar-refractivity contribution in [1.29, 1.82) is 0 Å². The molecule has 0 amide bonds. The summed E-state index contributed by atoms with van der Waals surface area (Å²) in [5.41, 5.74) is 2.11. The largest absolute Gasteiger partial charge is 0.356 e. The number of aromatic nitrogens is 1. The van der Waals surface area contributed by atoms with Crippen LogP contribution in [0.4, 0.5) is 0 Å². The maximum atomic E-state index is 5.12. The summed E-state index contributed by atoms with van der Waals surface area (Å²) in [6, 6.07) is 10.4. The zero-order chi connectivity index (χ0) is 9.54. The highest BCUT2D eigenvalue weighted by Crippen LogP contribution is 2.25. The first-order valence-electron chi connectivity index (χ1n) is 4.58. The lowest BCUT2D eigenvalue weighted by Gasteiger charge is -1.99. The minimum atomic E-state index is 0.850. The Hall–Kier alpha value is -1.83. The molecule has 2 nitrogen and oxygen atoms in total. The number of hydrogen-bond donors (Lipinski definition) is 0. The average Bonchev–Trinajstić information content (AvgIpc) is 2.65. The van der Waals surface area contributed by atoms with E-state index in [9.17, 15) is 0 Å². The summed E-state index contributed by atoms with van der Waals surface area (Å²) >= 11 is 0. The number of rotatable bonds is 0. The molecule has 0 aliphatic carbocycles. The van der Waals surface area contributed by atoms with Gasteiger partial charge in [-0.2, -0.15) is 0 Å². The van der Waals surface area contributed by atoms with E-state index in [4.69, 9.17) is 4.52 Å². The zero-order valence-electron chi connectivity index (χ0n) is 7.82. The first-order valence-corrected chi connectivity index (χ1v) is 4.58. The van der Waals surface area contributed by atoms with Gasteiger partial charge in [-0.25, -0.2) is 0 Å². The van der Waals surface area contributed by atoms with Crippen molar-refractivity contribution >= 4 is 21.7 Å². The Morgan fingerprint density at radius 2 is 1.93 bits per heavy atom. The molecule has 0 aliphatic rings. The molecular weight excluding hydrogens is 174 g/mol. The summed E-state index contributed by atoms with van der Waals surface area (Å²) in [5.74, 6) is 0. The molecule has 14 heavy (non-hydrogen) atoms. The topological polar surface area (TPSA) is 26.0 Å². The smallest absolute Gasteiger partial charge is 0.167 e. The lowest BCUT2D eigenvalue weighted by Crippen LogP contribution is -1.75. The Labute approximate surface area is 81.1 Å². The summed E-state index contributed by atoms with van der Waals surface area (Å²) in [5, 5.41) is 7.34. The molecule has 0 radical (unpaired) electrons. The molecule has 0 N–H and O–H groups in total. The maximum absolute atomic E-state index is 5.12. The number of aryl methyl sites for hydroxylation is 1. The molecule has 0 atom stereocenters. The van der Waals surface area contributed by atoms with Gasteiger partial charge in [0, 0.05) is 5.39 Å². The fraction of sp³-hybridized carbons (Fsp3) is 0.0833. The third-order valence-corrected chi connectivity index (χ3v) is 2.51. The predicted molar refractivity (Wildman–Crippen MR) is 56.3 cm³/mol. The van der Waals surface area contributed by atoms with Crippen LogP contribution in [0.15, 0.2) is 41.1 Å². The molecule has 0 fully saturated rings. The van der Waals surface area contributed by atoms with E-state index in [1.165, 1.54) is 16.3 Å². The van der Waals surface area contributed by atoms with E-state index in [1.54, 1.807) is 6.20 Å². The van der Waals surface area contributed by atoms with Gasteiger partial charge in [0.2, 0.25) is 0 Å². The van der Waals surface area contributed by atoms with E-state index in [-0.39, 0.29) is 0 Å². The first kappa shape index (κ1) is 7.56. The van der Waals surface area contributed by atoms with Gasteiger partial charge in [0.15, 0.2) is 5.58 Å². The molecule has 3 rings (SSSR count). The van der Waals surface area contributed by atoms with E-state index >= 15 is 0 Å². The summed E-state index contributed by atoms with van der Waals surface area (Å²) in [6.45, 7) is 2.09. The van der Waals surface area contributed by atoms with Crippen molar-refractivity contribution in [3.05, 3.63) is 42.1 Å². The van der Waals surface area contributed by atoms with E-state index in [1.807, 2.05) is 6.07 Å². The van der Waals surface area contributed by atoms with Crippen molar-refractivity contribution in [2.24, 2.45) is 0 Å². The second kappa shape index (κ2) is 2.58. The van der Waals surface area contributed by atoms with E-state index in [0.29, 0.717) is 0 Å². The highest BCUT2D eigenvalue weighted by Gasteiger charge is 2.03. The third-order valence-electron chi connectivity index (χ3n) is 2.51. The monoisotopic (exact) mass is 183 g/mol. The SMILES string of the molecule is Cc1ccc2ccc3oncc3c2c1. The highest BCUT2D eigenvalue weighted by molar-refractivity contribution is 6.05. The van der Waals surface area contributed by atoms with Gasteiger partial charge in [-0.05, 0) is 23.8 Å². The average molecular weight is 183 g/mol. The standard InChI is InChI=1S/C12H9NO/c1-8-2-3-9-4-5-12-11(7-13-14-12)10(9)6-8/h2-7H,1H3. The Balaban J connectivity index is 2.60. The van der Waals surface area contributed by atoms with Gasteiger partial charge in [0.25, 0.3) is 0 Å². The van der Waals surface area contributed by atoms with Crippen LogP contribution in [-0.2, 0) is 0 Å². The third kappa shape index (κ3) is 0.940. The van der Waals surface area contributed by atoms with Crippen LogP contribution >= 0.6 is 0 Å². The van der Waals surface area contributed by atoms with Gasteiger partial charge in [-0.3, -0.25) is 0 Å². The van der Waals surface area contributed by atoms with Crippen LogP contribution < -0.4 is 0 Å². The number of hydrogen-bond acceptors (Lipinski definition) is 2. The van der Waals surface area contributed by atoms with Crippen molar-refractivity contribution in [2.75, 3.05) is 0 Å². The molecule has 1 aromatic heterocycles. The second-order valence-electron chi connectivity index (χ2n) is 3.53. The van der Waals surface area contributed by atoms with Crippen LogP contribution in [0.3, 0.4) is 0 Å². The van der Waals surface area contributed by atoms with Crippen molar-refractivity contribution in [2.45, 2.75) is 6.92 Å². The lowest BCUT2D eigenvalue weighted by molar-refractivity contribution is 0.456. The molecular formula is C12H9NO. The summed E-state index contributed by atoms with van der Waals surface area (Å²) < 4.78 is 5.12. The Morgan fingerprint density at radius 1 is 1.07 bits per heavy atom. The van der Waals surface area contributed by atoms with E-state index in [0.717, 1.165) is 11.0 Å². The van der Waals surface area contributed by atoms with Crippen LogP contribution in [0.25, 0.3) is 21.7 Å². The summed E-state index contributed by atoms with van der Waals surface area (Å²) in [6.07, 6.45) is 1.77. The van der Waals surface area contributed by atoms with E-state index < -0.39 is 0 Å². The van der Waals surface area contributed by atoms with Crippen molar-refractivity contribution in [3.8, 4) is 0 Å². The van der Waals surface area contributed by atoms with Gasteiger partial charge >= 0.3 is 0 Å². The zero-order valence-corrected chi connectivity index (χ0v) is 7.82. The first-order chi connectivity index (χ1) is 6.84. The summed E-state index contributed by atoms with van der Waals surface area (Å²) in [7, 11) is 0. The molecule has 1 heterocycles. The molecule has 0 bridgehead atoms. The number of benzene rings is 2. The fourth-order valence-electron chi connectivity index (χ4n) is 1.79. The van der Waals surface area contributed by atoms with Gasteiger partial charge < -0.3 is 4.52 Å². The quantitative estimate of drug-likeness (QED) is 0.534.